The molecule has 0 aliphatic carbocycles. The van der Waals surface area contributed by atoms with E-state index in [9.17, 15) is 4.79 Å². The van der Waals surface area contributed by atoms with Gasteiger partial charge in [-0.2, -0.15) is 0 Å². The van der Waals surface area contributed by atoms with Gasteiger partial charge in [-0.15, -0.1) is 0 Å². The molecule has 0 fully saturated rings. The Morgan fingerprint density at radius 3 is 2.76 bits per heavy atom. The van der Waals surface area contributed by atoms with Crippen LogP contribution in [0.25, 0.3) is 0 Å². The summed E-state index contributed by atoms with van der Waals surface area (Å²) in [7, 11) is 0. The van der Waals surface area contributed by atoms with Crippen molar-refractivity contribution in [2.75, 3.05) is 25.1 Å². The molecule has 92 valence electrons. The Labute approximate surface area is 98.9 Å². The summed E-state index contributed by atoms with van der Waals surface area (Å²) < 4.78 is 10.8. The van der Waals surface area contributed by atoms with Crippen LogP contribution in [0.2, 0.25) is 0 Å². The van der Waals surface area contributed by atoms with Gasteiger partial charge in [0.25, 0.3) is 0 Å². The molecule has 0 saturated carbocycles. The standard InChI is InChI=1S/C11H15N3O3/c12-8(11(13)15)6-14-7-1-2-9-10(5-7)17-4-3-16-9/h1-2,5,8,14H,3-4,6,12H2,(H2,13,15). The monoisotopic (exact) mass is 237 g/mol. The normalized spacial score (nSPS) is 15.1. The number of carbonyl (C=O) groups excluding carboxylic acids is 1. The van der Waals surface area contributed by atoms with Crippen molar-refractivity contribution in [1.29, 1.82) is 0 Å². The maximum atomic E-state index is 10.8. The van der Waals surface area contributed by atoms with Gasteiger partial charge in [0, 0.05) is 18.3 Å². The van der Waals surface area contributed by atoms with E-state index in [0.29, 0.717) is 19.0 Å². The van der Waals surface area contributed by atoms with Gasteiger partial charge in [-0.3, -0.25) is 4.79 Å². The van der Waals surface area contributed by atoms with Crippen LogP contribution in [-0.2, 0) is 4.79 Å². The van der Waals surface area contributed by atoms with Crippen LogP contribution in [-0.4, -0.2) is 31.7 Å². The van der Waals surface area contributed by atoms with Gasteiger partial charge in [-0.1, -0.05) is 0 Å². The summed E-state index contributed by atoms with van der Waals surface area (Å²) in [6, 6.07) is 4.75. The average Bonchev–Trinajstić information content (AvgIpc) is 2.35. The number of fused-ring (bicyclic) bond motifs is 1. The van der Waals surface area contributed by atoms with Crippen molar-refractivity contribution in [2.24, 2.45) is 11.5 Å². The Balaban J connectivity index is 2.00. The quantitative estimate of drug-likeness (QED) is 0.666. The fourth-order valence-corrected chi connectivity index (χ4v) is 1.48. The van der Waals surface area contributed by atoms with E-state index in [1.807, 2.05) is 18.2 Å². The van der Waals surface area contributed by atoms with E-state index in [-0.39, 0.29) is 6.54 Å². The van der Waals surface area contributed by atoms with Crippen molar-refractivity contribution in [3.8, 4) is 11.5 Å². The molecule has 1 amide bonds. The molecular weight excluding hydrogens is 222 g/mol. The molecule has 0 radical (unpaired) electrons. The first kappa shape index (κ1) is 11.5. The van der Waals surface area contributed by atoms with Crippen LogP contribution in [0.3, 0.4) is 0 Å². The fourth-order valence-electron chi connectivity index (χ4n) is 1.48. The molecule has 0 bridgehead atoms. The summed E-state index contributed by atoms with van der Waals surface area (Å²) in [5.41, 5.74) is 11.4. The van der Waals surface area contributed by atoms with Gasteiger partial charge >= 0.3 is 0 Å². The maximum Gasteiger partial charge on any atom is 0.236 e. The minimum Gasteiger partial charge on any atom is -0.486 e. The first-order chi connectivity index (χ1) is 8.16. The number of nitrogens with two attached hydrogens (primary N) is 2. The third kappa shape index (κ3) is 2.79. The lowest BCUT2D eigenvalue weighted by atomic mass is 10.2. The number of hydrogen-bond acceptors (Lipinski definition) is 5. The van der Waals surface area contributed by atoms with Crippen molar-refractivity contribution < 1.29 is 14.3 Å². The second kappa shape index (κ2) is 4.92. The van der Waals surface area contributed by atoms with Crippen LogP contribution in [0.15, 0.2) is 18.2 Å². The van der Waals surface area contributed by atoms with Crippen LogP contribution in [0.5, 0.6) is 11.5 Å². The van der Waals surface area contributed by atoms with Gasteiger partial charge in [0.1, 0.15) is 19.3 Å². The van der Waals surface area contributed by atoms with E-state index < -0.39 is 11.9 Å². The first-order valence-electron chi connectivity index (χ1n) is 5.35. The van der Waals surface area contributed by atoms with E-state index in [1.165, 1.54) is 0 Å². The van der Waals surface area contributed by atoms with E-state index >= 15 is 0 Å². The Hall–Kier alpha value is -1.95. The smallest absolute Gasteiger partial charge is 0.236 e. The SMILES string of the molecule is NC(=O)C(N)CNc1ccc2c(c1)OCCO2. The molecule has 0 spiro atoms. The molecule has 1 atom stereocenters. The predicted octanol–water partition coefficient (Wildman–Crippen LogP) is -0.318. The number of benzene rings is 1. The number of carbonyl (C=O) groups is 1. The summed E-state index contributed by atoms with van der Waals surface area (Å²) in [5, 5.41) is 3.01. The summed E-state index contributed by atoms with van der Waals surface area (Å²) in [6.45, 7) is 1.39. The predicted molar refractivity (Wildman–Crippen MR) is 63.1 cm³/mol. The number of ether oxygens (including phenoxy) is 2. The molecule has 5 N–H and O–H groups in total. The number of rotatable bonds is 4. The van der Waals surface area contributed by atoms with Gasteiger partial charge in [0.05, 0.1) is 0 Å². The zero-order chi connectivity index (χ0) is 12.3. The molecule has 6 nitrogen and oxygen atoms in total. The summed E-state index contributed by atoms with van der Waals surface area (Å²) >= 11 is 0. The molecule has 1 aromatic rings. The van der Waals surface area contributed by atoms with Gasteiger partial charge in [-0.25, -0.2) is 0 Å². The van der Waals surface area contributed by atoms with Crippen LogP contribution in [0, 0.1) is 0 Å². The first-order valence-corrected chi connectivity index (χ1v) is 5.35. The highest BCUT2D eigenvalue weighted by atomic mass is 16.6. The topological polar surface area (TPSA) is 99.6 Å². The Bertz CT molecular complexity index is 422. The van der Waals surface area contributed by atoms with Crippen molar-refractivity contribution in [3.05, 3.63) is 18.2 Å². The molecule has 0 aromatic heterocycles. The largest absolute Gasteiger partial charge is 0.486 e. The number of hydrogen-bond donors (Lipinski definition) is 3. The van der Waals surface area contributed by atoms with Crippen molar-refractivity contribution in [2.45, 2.75) is 6.04 Å². The van der Waals surface area contributed by atoms with E-state index in [1.54, 1.807) is 0 Å². The molecule has 1 aromatic carbocycles. The van der Waals surface area contributed by atoms with E-state index in [2.05, 4.69) is 5.32 Å². The molecule has 17 heavy (non-hydrogen) atoms. The van der Waals surface area contributed by atoms with Crippen molar-refractivity contribution in [3.63, 3.8) is 0 Å². The second-order valence-corrected chi connectivity index (χ2v) is 3.75. The molecule has 2 rings (SSSR count). The van der Waals surface area contributed by atoms with Gasteiger partial charge < -0.3 is 26.3 Å². The van der Waals surface area contributed by atoms with Crippen LogP contribution in [0.4, 0.5) is 5.69 Å². The highest BCUT2D eigenvalue weighted by Gasteiger charge is 2.13. The molecule has 0 saturated heterocycles. The summed E-state index contributed by atoms with van der Waals surface area (Å²) in [5.74, 6) is 0.880. The second-order valence-electron chi connectivity index (χ2n) is 3.75. The minimum atomic E-state index is -0.705. The van der Waals surface area contributed by atoms with Gasteiger partial charge in [-0.05, 0) is 12.1 Å². The Morgan fingerprint density at radius 2 is 2.06 bits per heavy atom. The Kier molecular flexibility index (Phi) is 3.34. The molecule has 1 aliphatic rings. The number of amides is 1. The van der Waals surface area contributed by atoms with E-state index in [0.717, 1.165) is 11.4 Å². The lowest BCUT2D eigenvalue weighted by Crippen LogP contribution is -2.41. The van der Waals surface area contributed by atoms with Crippen LogP contribution >= 0.6 is 0 Å². The fraction of sp³-hybridized carbons (Fsp3) is 0.364. The highest BCUT2D eigenvalue weighted by Crippen LogP contribution is 2.32. The number of anilines is 1. The molecule has 1 unspecified atom stereocenters. The Morgan fingerprint density at radius 1 is 1.35 bits per heavy atom. The maximum absolute atomic E-state index is 10.8. The van der Waals surface area contributed by atoms with Crippen LogP contribution in [0.1, 0.15) is 0 Å². The lowest BCUT2D eigenvalue weighted by molar-refractivity contribution is -0.118. The number of primary amides is 1. The van der Waals surface area contributed by atoms with Crippen LogP contribution < -0.4 is 26.3 Å². The van der Waals surface area contributed by atoms with Gasteiger partial charge in [0.15, 0.2) is 11.5 Å². The minimum absolute atomic E-state index is 0.287. The molecule has 6 heteroatoms. The van der Waals surface area contributed by atoms with E-state index in [4.69, 9.17) is 20.9 Å². The molecule has 1 aliphatic heterocycles. The van der Waals surface area contributed by atoms with Crippen molar-refractivity contribution in [1.82, 2.24) is 0 Å². The lowest BCUT2D eigenvalue weighted by Gasteiger charge is -2.19. The summed E-state index contributed by atoms with van der Waals surface area (Å²) in [4.78, 5) is 10.8. The number of nitrogens with one attached hydrogen (secondary N) is 1. The summed E-state index contributed by atoms with van der Waals surface area (Å²) in [6.07, 6.45) is 0. The zero-order valence-corrected chi connectivity index (χ0v) is 9.31. The molecular formula is C11H15N3O3. The average molecular weight is 237 g/mol. The third-order valence-corrected chi connectivity index (χ3v) is 2.43. The zero-order valence-electron chi connectivity index (χ0n) is 9.31. The van der Waals surface area contributed by atoms with Gasteiger partial charge in [0.2, 0.25) is 5.91 Å². The third-order valence-electron chi connectivity index (χ3n) is 2.43. The highest BCUT2D eigenvalue weighted by molar-refractivity contribution is 5.80. The molecule has 1 heterocycles. The van der Waals surface area contributed by atoms with Crippen molar-refractivity contribution >= 4 is 11.6 Å².